The highest BCUT2D eigenvalue weighted by Gasteiger charge is 2.33. The number of benzene rings is 1. The van der Waals surface area contributed by atoms with Crippen LogP contribution in [0.15, 0.2) is 27.4 Å². The number of ether oxygens (including phenoxy) is 1. The normalized spacial score (nSPS) is 19.2. The molecule has 1 unspecified atom stereocenters. The number of nitrogens with zero attached hydrogens (tertiary/aromatic N) is 4. The largest absolute Gasteiger partial charge is 0.442 e. The first-order valence-electron chi connectivity index (χ1n) is 9.39. The first-order valence-corrected chi connectivity index (χ1v) is 10.2. The van der Waals surface area contributed by atoms with E-state index in [1.807, 2.05) is 9.80 Å². The first kappa shape index (κ1) is 20.1. The molecule has 160 valence electrons. The van der Waals surface area contributed by atoms with Gasteiger partial charge in [-0.15, -0.1) is 4.37 Å². The van der Waals surface area contributed by atoms with Gasteiger partial charge in [0.1, 0.15) is 11.9 Å². The van der Waals surface area contributed by atoms with E-state index in [0.29, 0.717) is 43.6 Å². The van der Waals surface area contributed by atoms with Gasteiger partial charge in [0.05, 0.1) is 36.0 Å². The Balaban J connectivity index is 1.39. The van der Waals surface area contributed by atoms with Crippen molar-refractivity contribution in [3.05, 3.63) is 33.8 Å². The lowest BCUT2D eigenvalue weighted by Gasteiger charge is -2.35. The van der Waals surface area contributed by atoms with E-state index >= 15 is 0 Å². The fraction of sp³-hybridized carbons (Fsp3) is 0.444. The smallest absolute Gasteiger partial charge is 0.415 e. The number of carbonyl (C=O) groups excluding carboxylic acids is 2. The fourth-order valence-electron chi connectivity index (χ4n) is 3.47. The van der Waals surface area contributed by atoms with Gasteiger partial charge in [-0.3, -0.25) is 9.69 Å². The molecule has 1 atom stereocenters. The van der Waals surface area contributed by atoms with Crippen molar-refractivity contribution in [2.24, 2.45) is 0 Å². The van der Waals surface area contributed by atoms with Crippen LogP contribution in [0.2, 0.25) is 0 Å². The average molecular weight is 437 g/mol. The van der Waals surface area contributed by atoms with Gasteiger partial charge in [-0.05, 0) is 18.2 Å². The van der Waals surface area contributed by atoms with Crippen LogP contribution in [0.5, 0.6) is 0 Å². The summed E-state index contributed by atoms with van der Waals surface area (Å²) in [4.78, 5) is 38.9. The van der Waals surface area contributed by atoms with Crippen LogP contribution in [-0.4, -0.2) is 61.7 Å². The quantitative estimate of drug-likeness (QED) is 0.739. The molecule has 10 nitrogen and oxygen atoms in total. The van der Waals surface area contributed by atoms with E-state index < -0.39 is 23.0 Å². The van der Waals surface area contributed by atoms with E-state index in [4.69, 9.17) is 9.15 Å². The summed E-state index contributed by atoms with van der Waals surface area (Å²) in [5.41, 5.74) is 0.829. The summed E-state index contributed by atoms with van der Waals surface area (Å²) in [5.74, 6) is -0.656. The summed E-state index contributed by atoms with van der Waals surface area (Å²) < 4.78 is 29.0. The molecule has 0 radical (unpaired) electrons. The number of hydrogen-bond acceptors (Lipinski definition) is 9. The second-order valence-electron chi connectivity index (χ2n) is 6.98. The van der Waals surface area contributed by atoms with Gasteiger partial charge in [0.15, 0.2) is 0 Å². The predicted molar refractivity (Wildman–Crippen MR) is 108 cm³/mol. The van der Waals surface area contributed by atoms with Crippen LogP contribution in [-0.2, 0) is 9.53 Å². The van der Waals surface area contributed by atoms with Crippen LogP contribution in [0.4, 0.5) is 26.6 Å². The molecule has 4 rings (SSSR count). The molecule has 2 saturated heterocycles. The zero-order valence-electron chi connectivity index (χ0n) is 16.2. The molecule has 0 bridgehead atoms. The van der Waals surface area contributed by atoms with Gasteiger partial charge in [-0.2, -0.15) is 0 Å². The third kappa shape index (κ3) is 4.22. The van der Waals surface area contributed by atoms with Gasteiger partial charge in [-0.1, -0.05) is 0 Å². The number of amides is 2. The first-order chi connectivity index (χ1) is 14.4. The van der Waals surface area contributed by atoms with E-state index in [0.717, 1.165) is 11.5 Å². The van der Waals surface area contributed by atoms with Crippen molar-refractivity contribution >= 4 is 40.9 Å². The molecule has 30 heavy (non-hydrogen) atoms. The van der Waals surface area contributed by atoms with E-state index in [1.54, 1.807) is 12.1 Å². The molecule has 0 saturated carbocycles. The molecule has 2 aromatic rings. The highest BCUT2D eigenvalue weighted by Crippen LogP contribution is 2.29. The van der Waals surface area contributed by atoms with E-state index in [9.17, 15) is 18.8 Å². The van der Waals surface area contributed by atoms with Crippen LogP contribution >= 0.6 is 11.5 Å². The lowest BCUT2D eigenvalue weighted by molar-refractivity contribution is -0.119. The van der Waals surface area contributed by atoms with Crippen molar-refractivity contribution in [3.8, 4) is 0 Å². The molecule has 2 aliphatic heterocycles. The Hall–Kier alpha value is -3.15. The second kappa shape index (κ2) is 8.30. The average Bonchev–Trinajstić information content (AvgIpc) is 3.32. The molecular formula is C18H20FN5O5S. The van der Waals surface area contributed by atoms with Crippen molar-refractivity contribution in [3.63, 3.8) is 0 Å². The van der Waals surface area contributed by atoms with Crippen LogP contribution in [0.25, 0.3) is 0 Å². The Labute approximate surface area is 175 Å². The van der Waals surface area contributed by atoms with E-state index in [-0.39, 0.29) is 19.0 Å². The molecule has 12 heteroatoms. The van der Waals surface area contributed by atoms with Crippen molar-refractivity contribution in [1.82, 2.24) is 9.69 Å². The molecule has 2 amide bonds. The Morgan fingerprint density at radius 3 is 2.63 bits per heavy atom. The number of anilines is 3. The topological polar surface area (TPSA) is 108 Å². The molecule has 3 heterocycles. The lowest BCUT2D eigenvalue weighted by atomic mass is 10.2. The number of cyclic esters (lactones) is 1. The van der Waals surface area contributed by atoms with Crippen molar-refractivity contribution < 1.29 is 23.1 Å². The fourth-order valence-corrected chi connectivity index (χ4v) is 3.88. The number of nitrogens with one attached hydrogen (secondary N) is 1. The van der Waals surface area contributed by atoms with Gasteiger partial charge in [0.2, 0.25) is 5.91 Å². The minimum Gasteiger partial charge on any atom is -0.442 e. The van der Waals surface area contributed by atoms with Crippen molar-refractivity contribution in [2.75, 3.05) is 54.0 Å². The molecule has 1 aromatic carbocycles. The third-order valence-electron chi connectivity index (χ3n) is 4.96. The van der Waals surface area contributed by atoms with Gasteiger partial charge < -0.3 is 24.3 Å². The van der Waals surface area contributed by atoms with Crippen LogP contribution in [0.3, 0.4) is 0 Å². The maximum atomic E-state index is 14.8. The van der Waals surface area contributed by atoms with Gasteiger partial charge in [-0.25, -0.2) is 14.0 Å². The Bertz CT molecular complexity index is 1000. The summed E-state index contributed by atoms with van der Waals surface area (Å²) in [7, 11) is 0. The van der Waals surface area contributed by atoms with Crippen LogP contribution in [0, 0.1) is 5.82 Å². The van der Waals surface area contributed by atoms with Gasteiger partial charge in [0.25, 0.3) is 0 Å². The summed E-state index contributed by atoms with van der Waals surface area (Å²) in [6.07, 6.45) is -1.06. The van der Waals surface area contributed by atoms with Crippen molar-refractivity contribution in [2.45, 2.75) is 13.0 Å². The van der Waals surface area contributed by atoms with E-state index in [1.165, 1.54) is 17.9 Å². The number of halogens is 1. The minimum atomic E-state index is -0.573. The highest BCUT2D eigenvalue weighted by molar-refractivity contribution is 7.02. The van der Waals surface area contributed by atoms with Crippen LogP contribution < -0.4 is 25.0 Å². The highest BCUT2D eigenvalue weighted by atomic mass is 32.1. The molecule has 0 aliphatic carbocycles. The number of aromatic nitrogens is 1. The predicted octanol–water partition coefficient (Wildman–Crippen LogP) is 1.02. The molecule has 1 aromatic heterocycles. The molecular weight excluding hydrogens is 417 g/mol. The Morgan fingerprint density at radius 1 is 1.27 bits per heavy atom. The third-order valence-corrected chi connectivity index (χ3v) is 5.44. The Kier molecular flexibility index (Phi) is 5.57. The lowest BCUT2D eigenvalue weighted by Crippen LogP contribution is -2.47. The zero-order chi connectivity index (χ0) is 21.3. The summed E-state index contributed by atoms with van der Waals surface area (Å²) in [6.45, 7) is 3.96. The number of rotatable bonds is 5. The zero-order valence-corrected chi connectivity index (χ0v) is 17.0. The number of hydrogen-bond donors (Lipinski definition) is 1. The van der Waals surface area contributed by atoms with Gasteiger partial charge in [0, 0.05) is 33.1 Å². The Morgan fingerprint density at radius 2 is 2.00 bits per heavy atom. The second-order valence-corrected chi connectivity index (χ2v) is 7.68. The standard InChI is InChI=1S/C18H20FN5O5S/c1-11(25)20-9-13-10-24(17(26)28-13)12-2-3-15(14(19)8-12)22-4-6-23(7-5-22)16-21-30-18(27)29-16/h2-3,8,13H,4-7,9-10H2,1H3,(H,20,25). The summed E-state index contributed by atoms with van der Waals surface area (Å²) in [6, 6.07) is 4.91. The molecule has 2 fully saturated rings. The maximum Gasteiger partial charge on any atom is 0.415 e. The summed E-state index contributed by atoms with van der Waals surface area (Å²) in [5, 5.41) is 2.60. The monoisotopic (exact) mass is 437 g/mol. The molecule has 0 spiro atoms. The summed E-state index contributed by atoms with van der Waals surface area (Å²) >= 11 is 0.765. The number of carbonyl (C=O) groups is 2. The van der Waals surface area contributed by atoms with E-state index in [2.05, 4.69) is 9.69 Å². The molecule has 2 aliphatic rings. The minimum absolute atomic E-state index is 0.210. The maximum absolute atomic E-state index is 14.8. The van der Waals surface area contributed by atoms with Gasteiger partial charge >= 0.3 is 17.0 Å². The van der Waals surface area contributed by atoms with Crippen molar-refractivity contribution in [1.29, 1.82) is 0 Å². The SMILES string of the molecule is CC(=O)NCC1CN(c2ccc(N3CCN(c4nsc(=O)o4)CC3)c(F)c2)C(=O)O1. The van der Waals surface area contributed by atoms with Crippen LogP contribution in [0.1, 0.15) is 6.92 Å². The number of piperazine rings is 1. The molecule has 1 N–H and O–H groups in total.